The maximum absolute atomic E-state index is 11.7. The molecule has 0 saturated carbocycles. The monoisotopic (exact) mass is 410 g/mol. The minimum Gasteiger partial charge on any atom is -0.480 e. The Morgan fingerprint density at radius 2 is 2.00 bits per heavy atom. The number of anilines is 1. The van der Waals surface area contributed by atoms with Gasteiger partial charge in [-0.05, 0) is 41.4 Å². The zero-order valence-electron chi connectivity index (χ0n) is 11.0. The third-order valence-corrected chi connectivity index (χ3v) is 4.56. The van der Waals surface area contributed by atoms with Crippen molar-refractivity contribution >= 4 is 45.2 Å². The van der Waals surface area contributed by atoms with Crippen molar-refractivity contribution < 1.29 is 14.1 Å². The van der Waals surface area contributed by atoms with Crippen molar-refractivity contribution in [2.45, 2.75) is 25.3 Å². The fourth-order valence-electron chi connectivity index (χ4n) is 1.56. The van der Waals surface area contributed by atoms with E-state index in [4.69, 9.17) is 10.8 Å². The molecule has 2 atom stereocenters. The number of alkyl halides is 1. The zero-order valence-corrected chi connectivity index (χ0v) is 14.0. The first-order valence-electron chi connectivity index (χ1n) is 6.31. The average molecular weight is 410 g/mol. The van der Waals surface area contributed by atoms with Crippen LogP contribution in [-0.4, -0.2) is 31.5 Å². The topological polar surface area (TPSA) is 92.4 Å². The van der Waals surface area contributed by atoms with Crippen LogP contribution in [0.25, 0.3) is 0 Å². The highest BCUT2D eigenvalue weighted by Crippen LogP contribution is 2.12. The molecule has 0 spiro atoms. The molecule has 0 saturated heterocycles. The first-order valence-corrected chi connectivity index (χ1v) is 9.15. The first-order chi connectivity index (χ1) is 9.52. The van der Waals surface area contributed by atoms with Crippen LogP contribution in [-0.2, 0) is 22.2 Å². The van der Waals surface area contributed by atoms with Crippen molar-refractivity contribution in [1.29, 1.82) is 0 Å². The van der Waals surface area contributed by atoms with Gasteiger partial charge in [0.1, 0.15) is 17.0 Å². The summed E-state index contributed by atoms with van der Waals surface area (Å²) in [6, 6.07) is 6.29. The van der Waals surface area contributed by atoms with E-state index >= 15 is 0 Å². The third kappa shape index (κ3) is 6.67. The predicted molar refractivity (Wildman–Crippen MR) is 90.5 cm³/mol. The summed E-state index contributed by atoms with van der Waals surface area (Å²) in [5.41, 5.74) is 7.09. The molecule has 1 aromatic carbocycles. The maximum atomic E-state index is 11.7. The number of carboxylic acids is 1. The molecule has 1 unspecified atom stereocenters. The molecule has 0 radical (unpaired) electrons. The number of hydrogen-bond acceptors (Lipinski definition) is 3. The van der Waals surface area contributed by atoms with E-state index in [1.807, 2.05) is 0 Å². The smallest absolute Gasteiger partial charge is 0.320 e. The number of rotatable bonds is 9. The van der Waals surface area contributed by atoms with Gasteiger partial charge >= 0.3 is 5.97 Å². The Morgan fingerprint density at radius 3 is 2.55 bits per heavy atom. The van der Waals surface area contributed by atoms with Gasteiger partial charge in [0.2, 0.25) is 0 Å². The van der Waals surface area contributed by atoms with Gasteiger partial charge in [-0.25, -0.2) is 4.21 Å². The summed E-state index contributed by atoms with van der Waals surface area (Å²) in [6.07, 6.45) is 2.29. The van der Waals surface area contributed by atoms with Gasteiger partial charge in [-0.15, -0.1) is 0 Å². The number of carboxylic acid groups (broad SMARTS) is 1. The van der Waals surface area contributed by atoms with Crippen LogP contribution in [0, 0.1) is 0 Å². The Bertz CT molecular complexity index is 453. The van der Waals surface area contributed by atoms with Gasteiger partial charge in [0.25, 0.3) is 0 Å². The number of aliphatic carboxylic acids is 1. The lowest BCUT2D eigenvalue weighted by Crippen LogP contribution is -2.32. The van der Waals surface area contributed by atoms with Crippen LogP contribution in [0.1, 0.15) is 18.4 Å². The van der Waals surface area contributed by atoms with Gasteiger partial charge in [-0.3, -0.25) is 4.79 Å². The number of benzene rings is 1. The highest BCUT2D eigenvalue weighted by atomic mass is 127. The number of nitrogens with one attached hydrogen (secondary N) is 1. The fourth-order valence-corrected chi connectivity index (χ4v) is 3.07. The molecular formula is C13H19IN2O3S. The van der Waals surface area contributed by atoms with Crippen molar-refractivity contribution in [3.05, 3.63) is 29.8 Å². The Morgan fingerprint density at radius 1 is 1.35 bits per heavy atom. The molecule has 20 heavy (non-hydrogen) atoms. The van der Waals surface area contributed by atoms with Crippen LogP contribution in [0.5, 0.6) is 0 Å². The van der Waals surface area contributed by atoms with Crippen molar-refractivity contribution in [1.82, 2.24) is 0 Å². The third-order valence-electron chi connectivity index (χ3n) is 2.67. The molecule has 5 nitrogen and oxygen atoms in total. The molecule has 0 amide bonds. The summed E-state index contributed by atoms with van der Waals surface area (Å²) in [6.45, 7) is 0. The second-order valence-corrected chi connectivity index (χ2v) is 6.78. The summed E-state index contributed by atoms with van der Waals surface area (Å²) in [5.74, 6) is -0.377. The second-order valence-electron chi connectivity index (χ2n) is 4.39. The van der Waals surface area contributed by atoms with Crippen LogP contribution < -0.4 is 10.5 Å². The van der Waals surface area contributed by atoms with Crippen molar-refractivity contribution in [3.63, 3.8) is 0 Å². The van der Waals surface area contributed by atoms with Crippen LogP contribution in [0.2, 0.25) is 0 Å². The van der Waals surface area contributed by atoms with E-state index in [9.17, 15) is 9.00 Å². The summed E-state index contributed by atoms with van der Waals surface area (Å²) in [4.78, 5) is 10.7. The molecular weight excluding hydrogens is 391 g/mol. The molecule has 0 aliphatic heterocycles. The first kappa shape index (κ1) is 17.4. The molecule has 112 valence electrons. The van der Waals surface area contributed by atoms with Crippen molar-refractivity contribution in [3.8, 4) is 0 Å². The Balaban J connectivity index is 2.46. The largest absolute Gasteiger partial charge is 0.480 e. The van der Waals surface area contributed by atoms with Gasteiger partial charge in [0.05, 0.1) is 0 Å². The summed E-state index contributed by atoms with van der Waals surface area (Å²) < 4.78 is 15.7. The molecule has 0 aliphatic rings. The summed E-state index contributed by atoms with van der Waals surface area (Å²) >= 11 is 2.30. The molecule has 1 rings (SSSR count). The van der Waals surface area contributed by atoms with Gasteiger partial charge in [-0.1, -0.05) is 34.7 Å². The van der Waals surface area contributed by atoms with E-state index in [0.29, 0.717) is 5.75 Å². The Kier molecular flexibility index (Phi) is 8.08. The number of carbonyl (C=O) groups is 1. The van der Waals surface area contributed by atoms with Crippen LogP contribution in [0.15, 0.2) is 24.3 Å². The molecule has 0 aromatic heterocycles. The summed E-state index contributed by atoms with van der Waals surface area (Å²) in [5, 5.41) is 8.74. The van der Waals surface area contributed by atoms with Gasteiger partial charge in [0, 0.05) is 11.4 Å². The van der Waals surface area contributed by atoms with Crippen LogP contribution in [0.3, 0.4) is 0 Å². The maximum Gasteiger partial charge on any atom is 0.320 e. The second kappa shape index (κ2) is 9.30. The summed E-state index contributed by atoms with van der Waals surface area (Å²) in [7, 11) is -1.07. The minimum atomic E-state index is -1.07. The quantitative estimate of drug-likeness (QED) is 0.330. The normalized spacial score (nSPS) is 13.7. The standard InChI is InChI=1S/C13H19IN2O3S/c14-7-1-2-8-20(19)16-11-5-3-10(4-6-11)9-12(15)13(17)18/h3-6,12,16H,1-2,7-9,15H2,(H,17,18)/t12-,20?/m0/s1. The molecule has 7 heteroatoms. The zero-order chi connectivity index (χ0) is 15.0. The highest BCUT2D eigenvalue weighted by molar-refractivity contribution is 14.1. The highest BCUT2D eigenvalue weighted by Gasteiger charge is 2.11. The van der Waals surface area contributed by atoms with Gasteiger partial charge in [0.15, 0.2) is 0 Å². The Hall–Kier alpha value is -0.670. The van der Waals surface area contributed by atoms with Crippen molar-refractivity contribution in [2.75, 3.05) is 14.9 Å². The van der Waals surface area contributed by atoms with E-state index in [1.165, 1.54) is 0 Å². The van der Waals surface area contributed by atoms with E-state index in [1.54, 1.807) is 24.3 Å². The van der Waals surface area contributed by atoms with E-state index < -0.39 is 23.0 Å². The lowest BCUT2D eigenvalue weighted by molar-refractivity contribution is -0.138. The number of hydrogen-bond donors (Lipinski definition) is 3. The molecule has 0 heterocycles. The number of nitrogens with two attached hydrogens (primary N) is 1. The van der Waals surface area contributed by atoms with Crippen LogP contribution >= 0.6 is 22.6 Å². The molecule has 1 aromatic rings. The van der Waals surface area contributed by atoms with Gasteiger partial charge in [-0.2, -0.15) is 0 Å². The predicted octanol–water partition coefficient (Wildman–Crippen LogP) is 1.93. The van der Waals surface area contributed by atoms with E-state index in [0.717, 1.165) is 28.5 Å². The molecule has 0 bridgehead atoms. The lowest BCUT2D eigenvalue weighted by atomic mass is 10.1. The number of unbranched alkanes of at least 4 members (excludes halogenated alkanes) is 1. The SMILES string of the molecule is N[C@@H](Cc1ccc(NS(=O)CCCCI)cc1)C(=O)O. The lowest BCUT2D eigenvalue weighted by Gasteiger charge is -2.09. The van der Waals surface area contributed by atoms with Crippen molar-refractivity contribution in [2.24, 2.45) is 5.73 Å². The van der Waals surface area contributed by atoms with E-state index in [-0.39, 0.29) is 6.42 Å². The fraction of sp³-hybridized carbons (Fsp3) is 0.462. The van der Waals surface area contributed by atoms with E-state index in [2.05, 4.69) is 27.3 Å². The molecule has 0 aliphatic carbocycles. The minimum absolute atomic E-state index is 0.286. The van der Waals surface area contributed by atoms with Gasteiger partial charge < -0.3 is 15.6 Å². The Labute approximate surface area is 135 Å². The average Bonchev–Trinajstić information content (AvgIpc) is 2.41. The molecule has 0 fully saturated rings. The molecule has 4 N–H and O–H groups in total. The number of halogens is 1. The van der Waals surface area contributed by atoms with Crippen LogP contribution in [0.4, 0.5) is 5.69 Å².